The number of hydrogen-bond acceptors (Lipinski definition) is 8. The van der Waals surface area contributed by atoms with Crippen LogP contribution < -0.4 is 14.8 Å². The number of ether oxygens (including phenoxy) is 2. The van der Waals surface area contributed by atoms with Gasteiger partial charge in [-0.25, -0.2) is 0 Å². The molecule has 0 heterocycles. The molecule has 0 saturated carbocycles. The topological polar surface area (TPSA) is 109 Å². The molecule has 2 rings (SSSR count). The Balaban J connectivity index is 0.000000612. The Hall–Kier alpha value is -2.03. The lowest BCUT2D eigenvalue weighted by molar-refractivity contribution is -0.384. The summed E-state index contributed by atoms with van der Waals surface area (Å²) in [7, 11) is 2.04. The van der Waals surface area contributed by atoms with Crippen LogP contribution in [-0.4, -0.2) is 32.8 Å². The summed E-state index contributed by atoms with van der Waals surface area (Å²) in [6.07, 6.45) is 0. The van der Waals surface area contributed by atoms with Crippen molar-refractivity contribution in [2.24, 2.45) is 0 Å². The Bertz CT molecular complexity index is 862. The third-order valence-corrected chi connectivity index (χ3v) is 4.56. The van der Waals surface area contributed by atoms with Crippen LogP contribution in [0.4, 0.5) is 11.4 Å². The minimum absolute atomic E-state index is 0.0287. The van der Waals surface area contributed by atoms with Gasteiger partial charge in [0.15, 0.2) is 0 Å². The van der Waals surface area contributed by atoms with Crippen molar-refractivity contribution in [2.45, 2.75) is 6.92 Å². The zero-order valence-corrected chi connectivity index (χ0v) is 18.7. The first-order chi connectivity index (χ1) is 13.8. The second-order valence-electron chi connectivity index (χ2n) is 5.14. The second-order valence-corrected chi connectivity index (χ2v) is 7.27. The summed E-state index contributed by atoms with van der Waals surface area (Å²) >= 11 is 12.1. The lowest BCUT2D eigenvalue weighted by Crippen LogP contribution is -2.01. The fraction of sp³-hybridized carbons (Fsp3) is 0.294. The van der Waals surface area contributed by atoms with E-state index in [1.54, 1.807) is 12.1 Å². The first-order valence-electron chi connectivity index (χ1n) is 8.12. The van der Waals surface area contributed by atoms with E-state index >= 15 is 0 Å². The number of nitro benzene ring substituents is 1. The summed E-state index contributed by atoms with van der Waals surface area (Å²) in [6, 6.07) is 7.47. The Morgan fingerprint density at radius 3 is 2.17 bits per heavy atom. The molecular formula is C17H21Cl2N2O7P. The van der Waals surface area contributed by atoms with Gasteiger partial charge in [0.05, 0.1) is 22.1 Å². The maximum absolute atomic E-state index is 11.0. The highest BCUT2D eigenvalue weighted by Gasteiger charge is 2.16. The first-order valence-corrected chi connectivity index (χ1v) is 10.1. The van der Waals surface area contributed by atoms with Crippen molar-refractivity contribution in [3.05, 3.63) is 50.5 Å². The van der Waals surface area contributed by atoms with Crippen LogP contribution in [0.2, 0.25) is 10.0 Å². The lowest BCUT2D eigenvalue weighted by Gasteiger charge is -2.12. The van der Waals surface area contributed by atoms with Crippen molar-refractivity contribution < 1.29 is 28.0 Å². The number of hydrogen-bond donors (Lipinski definition) is 1. The molecule has 0 fully saturated rings. The maximum atomic E-state index is 11.0. The van der Waals surface area contributed by atoms with Gasteiger partial charge in [-0.1, -0.05) is 23.2 Å². The van der Waals surface area contributed by atoms with Gasteiger partial charge in [-0.15, -0.1) is 0 Å². The molecule has 0 radical (unpaired) electrons. The predicted molar refractivity (Wildman–Crippen MR) is 113 cm³/mol. The van der Waals surface area contributed by atoms with E-state index in [0.717, 1.165) is 0 Å². The molecule has 0 aromatic heterocycles. The van der Waals surface area contributed by atoms with Crippen molar-refractivity contribution in [3.8, 4) is 17.2 Å². The largest absolute Gasteiger partial charge is 0.495 e. The number of halogens is 2. The van der Waals surface area contributed by atoms with Gasteiger partial charge in [-0.3, -0.25) is 14.7 Å². The molecule has 0 aliphatic carbocycles. The van der Waals surface area contributed by atoms with Crippen LogP contribution in [0.5, 0.6) is 17.2 Å². The Morgan fingerprint density at radius 1 is 1.07 bits per heavy atom. The normalized spacial score (nSPS) is 10.2. The summed E-state index contributed by atoms with van der Waals surface area (Å²) in [5.74, 6) is 1.15. The van der Waals surface area contributed by atoms with E-state index in [1.807, 2.05) is 6.92 Å². The summed E-state index contributed by atoms with van der Waals surface area (Å²) in [5, 5.41) is 14.6. The molecule has 0 aliphatic heterocycles. The van der Waals surface area contributed by atoms with Gasteiger partial charge in [0.25, 0.3) is 5.69 Å². The predicted octanol–water partition coefficient (Wildman–Crippen LogP) is 5.80. The van der Waals surface area contributed by atoms with E-state index in [0.29, 0.717) is 39.5 Å². The lowest BCUT2D eigenvalue weighted by atomic mass is 10.2. The standard InChI is InChI=1S/C15H14Cl2N2O4.C2H7O3P/c1-3-18-12-6-9(4-5-13(12)19(20)21)23-15-8-14(22-2)10(16)7-11(15)17;1-4-6(3)5-2/h4-8,18H,3H2,1-2H3;6H,1-2H3. The molecule has 0 aliphatic rings. The van der Waals surface area contributed by atoms with Crippen LogP contribution in [0.15, 0.2) is 30.3 Å². The number of benzene rings is 2. The van der Waals surface area contributed by atoms with Crippen LogP contribution in [0.25, 0.3) is 0 Å². The summed E-state index contributed by atoms with van der Waals surface area (Å²) in [5.41, 5.74) is 0.339. The van der Waals surface area contributed by atoms with Gasteiger partial charge in [0, 0.05) is 39.0 Å². The van der Waals surface area contributed by atoms with Crippen molar-refractivity contribution in [1.29, 1.82) is 0 Å². The van der Waals surface area contributed by atoms with E-state index in [4.69, 9.17) is 32.7 Å². The molecule has 160 valence electrons. The number of methoxy groups -OCH3 is 1. The maximum Gasteiger partial charge on any atom is 0.318 e. The van der Waals surface area contributed by atoms with E-state index in [-0.39, 0.29) is 5.69 Å². The highest BCUT2D eigenvalue weighted by atomic mass is 35.5. The van der Waals surface area contributed by atoms with E-state index in [1.165, 1.54) is 39.5 Å². The quantitative estimate of drug-likeness (QED) is 0.295. The second kappa shape index (κ2) is 12.5. The Kier molecular flexibility index (Phi) is 10.8. The van der Waals surface area contributed by atoms with Gasteiger partial charge >= 0.3 is 8.25 Å². The number of nitro groups is 1. The van der Waals surface area contributed by atoms with Crippen LogP contribution in [0.1, 0.15) is 6.92 Å². The number of anilines is 1. The minimum atomic E-state index is -2.12. The summed E-state index contributed by atoms with van der Waals surface area (Å²) in [6.45, 7) is 2.39. The fourth-order valence-electron chi connectivity index (χ4n) is 2.03. The molecule has 9 nitrogen and oxygen atoms in total. The molecule has 12 heteroatoms. The average Bonchev–Trinajstić information content (AvgIpc) is 2.70. The molecular weight excluding hydrogens is 446 g/mol. The minimum Gasteiger partial charge on any atom is -0.495 e. The van der Waals surface area contributed by atoms with Crippen molar-refractivity contribution in [1.82, 2.24) is 0 Å². The molecule has 2 aromatic carbocycles. The van der Waals surface area contributed by atoms with Crippen LogP contribution in [0.3, 0.4) is 0 Å². The monoisotopic (exact) mass is 466 g/mol. The SMILES string of the molecule is CCNc1cc(Oc2cc(OC)c(Cl)cc2Cl)ccc1[N+](=O)[O-].CO[PH](=O)OC. The van der Waals surface area contributed by atoms with Gasteiger partial charge in [0.2, 0.25) is 0 Å². The van der Waals surface area contributed by atoms with Crippen molar-refractivity contribution >= 4 is 42.8 Å². The van der Waals surface area contributed by atoms with Crippen molar-refractivity contribution in [2.75, 3.05) is 33.2 Å². The molecule has 0 unspecified atom stereocenters. The third kappa shape index (κ3) is 7.72. The smallest absolute Gasteiger partial charge is 0.318 e. The van der Waals surface area contributed by atoms with Gasteiger partial charge < -0.3 is 23.8 Å². The molecule has 0 spiro atoms. The fourth-order valence-corrected chi connectivity index (χ4v) is 2.69. The van der Waals surface area contributed by atoms with Crippen LogP contribution in [0, 0.1) is 10.1 Å². The zero-order chi connectivity index (χ0) is 22.0. The number of rotatable bonds is 8. The van der Waals surface area contributed by atoms with E-state index in [9.17, 15) is 14.7 Å². The Labute approximate surface area is 178 Å². The van der Waals surface area contributed by atoms with Crippen LogP contribution in [-0.2, 0) is 13.6 Å². The first kappa shape index (κ1) is 25.0. The molecule has 0 bridgehead atoms. The summed E-state index contributed by atoms with van der Waals surface area (Å²) < 4.78 is 29.2. The number of nitrogens with zero attached hydrogens (tertiary/aromatic N) is 1. The molecule has 2 aromatic rings. The van der Waals surface area contributed by atoms with Gasteiger partial charge in [0.1, 0.15) is 22.9 Å². The van der Waals surface area contributed by atoms with E-state index in [2.05, 4.69) is 14.4 Å². The highest BCUT2D eigenvalue weighted by Crippen LogP contribution is 2.39. The Morgan fingerprint density at radius 2 is 1.69 bits per heavy atom. The molecule has 0 amide bonds. The molecule has 29 heavy (non-hydrogen) atoms. The van der Waals surface area contributed by atoms with E-state index < -0.39 is 13.2 Å². The zero-order valence-electron chi connectivity index (χ0n) is 16.2. The third-order valence-electron chi connectivity index (χ3n) is 3.30. The summed E-state index contributed by atoms with van der Waals surface area (Å²) in [4.78, 5) is 10.6. The number of nitrogens with one attached hydrogen (secondary N) is 1. The molecule has 0 saturated heterocycles. The highest BCUT2D eigenvalue weighted by molar-refractivity contribution is 7.33. The van der Waals surface area contributed by atoms with Gasteiger partial charge in [-0.2, -0.15) is 0 Å². The van der Waals surface area contributed by atoms with Gasteiger partial charge in [-0.05, 0) is 19.1 Å². The molecule has 1 N–H and O–H groups in total. The molecule has 0 atom stereocenters. The van der Waals surface area contributed by atoms with Crippen molar-refractivity contribution in [3.63, 3.8) is 0 Å². The van der Waals surface area contributed by atoms with Crippen LogP contribution >= 0.6 is 31.5 Å². The average molecular weight is 467 g/mol.